The van der Waals surface area contributed by atoms with Crippen LogP contribution in [0.3, 0.4) is 0 Å². The highest BCUT2D eigenvalue weighted by molar-refractivity contribution is 5.78. The van der Waals surface area contributed by atoms with Crippen LogP contribution in [0.1, 0.15) is 19.8 Å². The van der Waals surface area contributed by atoms with Crippen LogP contribution >= 0.6 is 0 Å². The predicted molar refractivity (Wildman–Crippen MR) is 85.7 cm³/mol. The molecule has 2 heterocycles. The van der Waals surface area contributed by atoms with Crippen molar-refractivity contribution in [3.63, 3.8) is 0 Å². The smallest absolute Gasteiger partial charge is 0.260 e. The van der Waals surface area contributed by atoms with Crippen molar-refractivity contribution in [3.8, 4) is 0 Å². The number of para-hydroxylation sites is 1. The first kappa shape index (κ1) is 14.1. The Kier molecular flexibility index (Phi) is 4.20. The van der Waals surface area contributed by atoms with E-state index >= 15 is 0 Å². The van der Waals surface area contributed by atoms with Crippen LogP contribution in [0.15, 0.2) is 29.1 Å². The zero-order valence-electron chi connectivity index (χ0n) is 12.4. The van der Waals surface area contributed by atoms with Crippen molar-refractivity contribution in [2.75, 3.05) is 31.5 Å². The van der Waals surface area contributed by atoms with Gasteiger partial charge in [0.05, 0.1) is 10.9 Å². The van der Waals surface area contributed by atoms with Crippen LogP contribution in [0.2, 0.25) is 0 Å². The Labute approximate surface area is 124 Å². The van der Waals surface area contributed by atoms with Gasteiger partial charge in [-0.3, -0.25) is 9.78 Å². The van der Waals surface area contributed by atoms with Gasteiger partial charge in [0.1, 0.15) is 0 Å². The van der Waals surface area contributed by atoms with Gasteiger partial charge in [0.2, 0.25) is 5.95 Å². The molecule has 5 heteroatoms. The van der Waals surface area contributed by atoms with Gasteiger partial charge in [0.15, 0.2) is 0 Å². The molecule has 2 aromatic rings. The Bertz CT molecular complexity index is 667. The van der Waals surface area contributed by atoms with Gasteiger partial charge in [-0.25, -0.2) is 4.98 Å². The number of fused-ring (bicyclic) bond motifs is 1. The minimum Gasteiger partial charge on any atom is -0.355 e. The van der Waals surface area contributed by atoms with Crippen LogP contribution in [0.25, 0.3) is 10.9 Å². The molecular formula is C16H22N4O. The molecule has 0 bridgehead atoms. The van der Waals surface area contributed by atoms with E-state index in [1.165, 1.54) is 25.9 Å². The first-order valence-corrected chi connectivity index (χ1v) is 7.71. The molecule has 1 aromatic carbocycles. The van der Waals surface area contributed by atoms with Gasteiger partial charge in [-0.05, 0) is 44.0 Å². The number of nitrogens with one attached hydrogen (secondary N) is 2. The number of aromatic nitrogens is 2. The van der Waals surface area contributed by atoms with Crippen LogP contribution in [-0.4, -0.2) is 41.0 Å². The molecule has 1 atom stereocenters. The van der Waals surface area contributed by atoms with Gasteiger partial charge in [-0.1, -0.05) is 19.1 Å². The SMILES string of the molecule is CCCN1CCC(CNc2nc3ccccc3c(=O)[nH]2)C1. The van der Waals surface area contributed by atoms with E-state index in [0.29, 0.717) is 17.3 Å². The Hall–Kier alpha value is -1.88. The zero-order valence-corrected chi connectivity index (χ0v) is 12.4. The van der Waals surface area contributed by atoms with Crippen molar-refractivity contribution in [2.45, 2.75) is 19.8 Å². The molecule has 2 N–H and O–H groups in total. The molecule has 1 saturated heterocycles. The monoisotopic (exact) mass is 286 g/mol. The van der Waals surface area contributed by atoms with E-state index in [1.54, 1.807) is 6.07 Å². The third-order valence-corrected chi connectivity index (χ3v) is 4.08. The second-order valence-electron chi connectivity index (χ2n) is 5.77. The van der Waals surface area contributed by atoms with Crippen molar-refractivity contribution in [1.29, 1.82) is 0 Å². The molecule has 1 aromatic heterocycles. The number of benzene rings is 1. The van der Waals surface area contributed by atoms with E-state index in [9.17, 15) is 4.79 Å². The third kappa shape index (κ3) is 3.24. The van der Waals surface area contributed by atoms with E-state index in [-0.39, 0.29) is 5.56 Å². The van der Waals surface area contributed by atoms with E-state index in [4.69, 9.17) is 0 Å². The Morgan fingerprint density at radius 1 is 1.43 bits per heavy atom. The number of aromatic amines is 1. The van der Waals surface area contributed by atoms with Crippen LogP contribution in [0.5, 0.6) is 0 Å². The number of anilines is 1. The summed E-state index contributed by atoms with van der Waals surface area (Å²) in [6.07, 6.45) is 2.42. The van der Waals surface area contributed by atoms with Gasteiger partial charge < -0.3 is 10.2 Å². The fourth-order valence-electron chi connectivity index (χ4n) is 3.01. The molecule has 21 heavy (non-hydrogen) atoms. The van der Waals surface area contributed by atoms with Crippen molar-refractivity contribution >= 4 is 16.9 Å². The largest absolute Gasteiger partial charge is 0.355 e. The standard InChI is InChI=1S/C16H22N4O/c1-2-8-20-9-7-12(11-20)10-17-16-18-14-6-4-3-5-13(14)15(21)19-16/h3-6,12H,2,7-11H2,1H3,(H2,17,18,19,21). The second-order valence-corrected chi connectivity index (χ2v) is 5.77. The van der Waals surface area contributed by atoms with Gasteiger partial charge in [0, 0.05) is 13.1 Å². The minimum absolute atomic E-state index is 0.0814. The van der Waals surface area contributed by atoms with Crippen LogP contribution in [0, 0.1) is 5.92 Å². The van der Waals surface area contributed by atoms with Gasteiger partial charge in [-0.15, -0.1) is 0 Å². The first-order valence-electron chi connectivity index (χ1n) is 7.71. The van der Waals surface area contributed by atoms with Crippen LogP contribution in [-0.2, 0) is 0 Å². The average Bonchev–Trinajstić information content (AvgIpc) is 2.93. The number of H-pyrrole nitrogens is 1. The Balaban J connectivity index is 1.65. The lowest BCUT2D eigenvalue weighted by Crippen LogP contribution is -2.24. The topological polar surface area (TPSA) is 61.0 Å². The molecule has 1 unspecified atom stereocenters. The lowest BCUT2D eigenvalue weighted by Gasteiger charge is -2.15. The average molecular weight is 286 g/mol. The molecule has 0 saturated carbocycles. The maximum atomic E-state index is 12.0. The molecule has 1 aliphatic rings. The molecule has 5 nitrogen and oxygen atoms in total. The highest BCUT2D eigenvalue weighted by atomic mass is 16.1. The van der Waals surface area contributed by atoms with Crippen molar-refractivity contribution in [3.05, 3.63) is 34.6 Å². The molecule has 0 spiro atoms. The van der Waals surface area contributed by atoms with E-state index < -0.39 is 0 Å². The summed E-state index contributed by atoms with van der Waals surface area (Å²) in [4.78, 5) is 21.8. The molecule has 112 valence electrons. The van der Waals surface area contributed by atoms with Crippen LogP contribution < -0.4 is 10.9 Å². The number of hydrogen-bond acceptors (Lipinski definition) is 4. The third-order valence-electron chi connectivity index (χ3n) is 4.08. The summed E-state index contributed by atoms with van der Waals surface area (Å²) in [5.41, 5.74) is 0.657. The number of rotatable bonds is 5. The highest BCUT2D eigenvalue weighted by Crippen LogP contribution is 2.16. The number of likely N-dealkylation sites (tertiary alicyclic amines) is 1. The normalized spacial score (nSPS) is 19.2. The number of hydrogen-bond donors (Lipinski definition) is 2. The van der Waals surface area contributed by atoms with E-state index in [0.717, 1.165) is 18.6 Å². The van der Waals surface area contributed by atoms with Crippen LogP contribution in [0.4, 0.5) is 5.95 Å². The Morgan fingerprint density at radius 3 is 3.14 bits per heavy atom. The van der Waals surface area contributed by atoms with E-state index in [1.807, 2.05) is 18.2 Å². The summed E-state index contributed by atoms with van der Waals surface area (Å²) < 4.78 is 0. The minimum atomic E-state index is -0.0814. The Morgan fingerprint density at radius 2 is 2.29 bits per heavy atom. The summed E-state index contributed by atoms with van der Waals surface area (Å²) in [5.74, 6) is 1.21. The second kappa shape index (κ2) is 6.26. The molecule has 3 rings (SSSR count). The maximum Gasteiger partial charge on any atom is 0.260 e. The maximum absolute atomic E-state index is 12.0. The quantitative estimate of drug-likeness (QED) is 0.883. The molecule has 0 aliphatic carbocycles. The molecule has 0 radical (unpaired) electrons. The summed E-state index contributed by atoms with van der Waals surface area (Å²) in [7, 11) is 0. The lowest BCUT2D eigenvalue weighted by atomic mass is 10.1. The molecule has 1 fully saturated rings. The van der Waals surface area contributed by atoms with E-state index in [2.05, 4.69) is 27.1 Å². The summed E-state index contributed by atoms with van der Waals surface area (Å²) in [6, 6.07) is 7.42. The molecule has 0 amide bonds. The fourth-order valence-corrected chi connectivity index (χ4v) is 3.01. The summed E-state index contributed by atoms with van der Waals surface area (Å²) in [5, 5.41) is 3.93. The van der Waals surface area contributed by atoms with Gasteiger partial charge in [0.25, 0.3) is 5.56 Å². The summed E-state index contributed by atoms with van der Waals surface area (Å²) in [6.45, 7) is 6.58. The van der Waals surface area contributed by atoms with Crippen molar-refractivity contribution in [2.24, 2.45) is 5.92 Å². The van der Waals surface area contributed by atoms with Gasteiger partial charge >= 0.3 is 0 Å². The fraction of sp³-hybridized carbons (Fsp3) is 0.500. The summed E-state index contributed by atoms with van der Waals surface area (Å²) >= 11 is 0. The highest BCUT2D eigenvalue weighted by Gasteiger charge is 2.21. The lowest BCUT2D eigenvalue weighted by molar-refractivity contribution is 0.327. The molecule has 1 aliphatic heterocycles. The van der Waals surface area contributed by atoms with Crippen molar-refractivity contribution < 1.29 is 0 Å². The zero-order chi connectivity index (χ0) is 14.7. The van der Waals surface area contributed by atoms with Crippen molar-refractivity contribution in [1.82, 2.24) is 14.9 Å². The predicted octanol–water partition coefficient (Wildman–Crippen LogP) is 2.07. The number of nitrogens with zero attached hydrogens (tertiary/aromatic N) is 2. The first-order chi connectivity index (χ1) is 10.3. The molecular weight excluding hydrogens is 264 g/mol. The van der Waals surface area contributed by atoms with Gasteiger partial charge in [-0.2, -0.15) is 0 Å².